The van der Waals surface area contributed by atoms with E-state index in [1.165, 1.54) is 5.56 Å². The van der Waals surface area contributed by atoms with E-state index in [0.29, 0.717) is 16.3 Å². The second-order valence-electron chi connectivity index (χ2n) is 6.15. The van der Waals surface area contributed by atoms with Crippen LogP contribution < -0.4 is 5.32 Å². The van der Waals surface area contributed by atoms with Crippen molar-refractivity contribution in [3.63, 3.8) is 0 Å². The molecule has 0 fully saturated rings. The predicted molar refractivity (Wildman–Crippen MR) is 106 cm³/mol. The van der Waals surface area contributed by atoms with Gasteiger partial charge in [0.05, 0.1) is 11.0 Å². The third kappa shape index (κ3) is 3.32. The molecule has 4 aromatic rings. The Morgan fingerprint density at radius 2 is 1.88 bits per heavy atom. The van der Waals surface area contributed by atoms with E-state index in [2.05, 4.69) is 21.4 Å². The number of rotatable bonds is 3. The predicted octanol–water partition coefficient (Wildman–Crippen LogP) is 5.44. The van der Waals surface area contributed by atoms with E-state index in [1.54, 1.807) is 24.3 Å². The molecule has 4 rings (SSSR count). The first kappa shape index (κ1) is 16.4. The summed E-state index contributed by atoms with van der Waals surface area (Å²) in [4.78, 5) is 20.4. The Labute approximate surface area is 155 Å². The lowest BCUT2D eigenvalue weighted by atomic mass is 10.1. The zero-order chi connectivity index (χ0) is 18.1. The molecule has 0 spiro atoms. The van der Waals surface area contributed by atoms with E-state index in [4.69, 9.17) is 11.6 Å². The molecule has 0 saturated heterocycles. The van der Waals surface area contributed by atoms with Crippen LogP contribution in [0.5, 0.6) is 0 Å². The maximum Gasteiger partial charge on any atom is 0.255 e. The van der Waals surface area contributed by atoms with Gasteiger partial charge in [-0.3, -0.25) is 4.79 Å². The number of aromatic nitrogens is 2. The van der Waals surface area contributed by atoms with Crippen molar-refractivity contribution in [2.24, 2.45) is 0 Å². The van der Waals surface area contributed by atoms with Gasteiger partial charge in [-0.15, -0.1) is 0 Å². The summed E-state index contributed by atoms with van der Waals surface area (Å²) in [6, 6.07) is 20.6. The average Bonchev–Trinajstić information content (AvgIpc) is 3.05. The van der Waals surface area contributed by atoms with Crippen LogP contribution in [0.2, 0.25) is 5.02 Å². The van der Waals surface area contributed by atoms with Crippen LogP contribution in [-0.4, -0.2) is 15.9 Å². The molecule has 0 aliphatic heterocycles. The number of hydrogen-bond donors (Lipinski definition) is 2. The number of nitrogens with one attached hydrogen (secondary N) is 2. The summed E-state index contributed by atoms with van der Waals surface area (Å²) >= 11 is 5.95. The normalized spacial score (nSPS) is 10.8. The molecule has 5 heteroatoms. The van der Waals surface area contributed by atoms with Crippen LogP contribution >= 0.6 is 11.6 Å². The van der Waals surface area contributed by atoms with Gasteiger partial charge in [-0.05, 0) is 55.0 Å². The summed E-state index contributed by atoms with van der Waals surface area (Å²) in [5.41, 5.74) is 5.21. The second-order valence-corrected chi connectivity index (χ2v) is 6.59. The third-order valence-electron chi connectivity index (χ3n) is 4.12. The van der Waals surface area contributed by atoms with E-state index >= 15 is 0 Å². The molecular weight excluding hydrogens is 346 g/mol. The molecular formula is C21H16ClN3O. The largest absolute Gasteiger partial charge is 0.338 e. The third-order valence-corrected chi connectivity index (χ3v) is 4.35. The first-order chi connectivity index (χ1) is 12.6. The monoisotopic (exact) mass is 361 g/mol. The number of amides is 1. The minimum absolute atomic E-state index is 0.204. The molecule has 1 heterocycles. The van der Waals surface area contributed by atoms with Crippen molar-refractivity contribution in [1.82, 2.24) is 9.97 Å². The quantitative estimate of drug-likeness (QED) is 0.510. The Morgan fingerprint density at radius 1 is 1.04 bits per heavy atom. The molecule has 128 valence electrons. The average molecular weight is 362 g/mol. The number of aromatic amines is 1. The number of halogens is 1. The summed E-state index contributed by atoms with van der Waals surface area (Å²) in [5.74, 6) is 0.564. The van der Waals surface area contributed by atoms with Gasteiger partial charge in [-0.25, -0.2) is 4.98 Å². The number of imidazole rings is 1. The highest BCUT2D eigenvalue weighted by atomic mass is 35.5. The molecule has 2 N–H and O–H groups in total. The van der Waals surface area contributed by atoms with Crippen molar-refractivity contribution < 1.29 is 4.79 Å². The molecule has 0 atom stereocenters. The summed E-state index contributed by atoms with van der Waals surface area (Å²) in [6.07, 6.45) is 0. The van der Waals surface area contributed by atoms with Crippen LogP contribution in [0, 0.1) is 6.92 Å². The standard InChI is InChI=1S/C21H16ClN3O/c1-13-8-9-18-19(10-13)25-20(24-18)14-4-3-7-17(12-14)23-21(26)15-5-2-6-16(22)11-15/h2-12H,1H3,(H,23,26)(H,24,25). The molecule has 1 amide bonds. The molecule has 0 bridgehead atoms. The molecule has 3 aromatic carbocycles. The van der Waals surface area contributed by atoms with Gasteiger partial charge >= 0.3 is 0 Å². The van der Waals surface area contributed by atoms with Crippen LogP contribution in [0.25, 0.3) is 22.4 Å². The fraction of sp³-hybridized carbons (Fsp3) is 0.0476. The number of fused-ring (bicyclic) bond motifs is 1. The number of anilines is 1. The van der Waals surface area contributed by atoms with Crippen LogP contribution in [0.3, 0.4) is 0 Å². The number of benzene rings is 3. The molecule has 0 saturated carbocycles. The van der Waals surface area contributed by atoms with E-state index in [-0.39, 0.29) is 5.91 Å². The fourth-order valence-electron chi connectivity index (χ4n) is 2.84. The molecule has 0 aliphatic rings. The summed E-state index contributed by atoms with van der Waals surface area (Å²) < 4.78 is 0. The molecule has 1 aromatic heterocycles. The molecule has 0 aliphatic carbocycles. The van der Waals surface area contributed by atoms with Gasteiger partial charge in [0.15, 0.2) is 0 Å². The van der Waals surface area contributed by atoms with Gasteiger partial charge in [0.2, 0.25) is 0 Å². The van der Waals surface area contributed by atoms with Crippen LogP contribution in [0.1, 0.15) is 15.9 Å². The maximum atomic E-state index is 12.4. The lowest BCUT2D eigenvalue weighted by Gasteiger charge is -2.07. The summed E-state index contributed by atoms with van der Waals surface area (Å²) in [7, 11) is 0. The van der Waals surface area contributed by atoms with E-state index in [1.807, 2.05) is 43.3 Å². The number of carbonyl (C=O) groups is 1. The Hall–Kier alpha value is -3.11. The van der Waals surface area contributed by atoms with Crippen LogP contribution in [-0.2, 0) is 0 Å². The van der Waals surface area contributed by atoms with Crippen molar-refractivity contribution in [2.75, 3.05) is 5.32 Å². The van der Waals surface area contributed by atoms with E-state index < -0.39 is 0 Å². The first-order valence-corrected chi connectivity index (χ1v) is 8.60. The Kier molecular flexibility index (Phi) is 4.19. The number of carbonyl (C=O) groups excluding carboxylic acids is 1. The summed E-state index contributed by atoms with van der Waals surface area (Å²) in [6.45, 7) is 2.05. The lowest BCUT2D eigenvalue weighted by Crippen LogP contribution is -2.11. The molecule has 0 radical (unpaired) electrons. The second kappa shape index (κ2) is 6.65. The van der Waals surface area contributed by atoms with Crippen molar-refractivity contribution in [2.45, 2.75) is 6.92 Å². The highest BCUT2D eigenvalue weighted by Crippen LogP contribution is 2.24. The number of hydrogen-bond acceptors (Lipinski definition) is 2. The summed E-state index contributed by atoms with van der Waals surface area (Å²) in [5, 5.41) is 3.43. The number of nitrogens with zero attached hydrogens (tertiary/aromatic N) is 1. The number of aryl methyl sites for hydroxylation is 1. The zero-order valence-corrected chi connectivity index (χ0v) is 14.8. The van der Waals surface area contributed by atoms with Gasteiger partial charge < -0.3 is 10.3 Å². The van der Waals surface area contributed by atoms with E-state index in [0.717, 1.165) is 22.4 Å². The topological polar surface area (TPSA) is 57.8 Å². The van der Waals surface area contributed by atoms with Crippen molar-refractivity contribution in [3.05, 3.63) is 82.9 Å². The van der Waals surface area contributed by atoms with Gasteiger partial charge in [0, 0.05) is 21.8 Å². The van der Waals surface area contributed by atoms with Crippen LogP contribution in [0.4, 0.5) is 5.69 Å². The van der Waals surface area contributed by atoms with Gasteiger partial charge in [0.25, 0.3) is 5.91 Å². The number of H-pyrrole nitrogens is 1. The Morgan fingerprint density at radius 3 is 2.73 bits per heavy atom. The van der Waals surface area contributed by atoms with Crippen molar-refractivity contribution in [3.8, 4) is 11.4 Å². The highest BCUT2D eigenvalue weighted by Gasteiger charge is 2.09. The first-order valence-electron chi connectivity index (χ1n) is 8.22. The highest BCUT2D eigenvalue weighted by molar-refractivity contribution is 6.31. The minimum Gasteiger partial charge on any atom is -0.338 e. The van der Waals surface area contributed by atoms with Crippen LogP contribution in [0.15, 0.2) is 66.7 Å². The minimum atomic E-state index is -0.204. The zero-order valence-electron chi connectivity index (χ0n) is 14.1. The Bertz CT molecular complexity index is 1120. The van der Waals surface area contributed by atoms with Gasteiger partial charge in [-0.2, -0.15) is 0 Å². The SMILES string of the molecule is Cc1ccc2nc(-c3cccc(NC(=O)c4cccc(Cl)c4)c3)[nH]c2c1. The van der Waals surface area contributed by atoms with Gasteiger partial charge in [-0.1, -0.05) is 35.9 Å². The lowest BCUT2D eigenvalue weighted by molar-refractivity contribution is 0.102. The maximum absolute atomic E-state index is 12.4. The molecule has 0 unspecified atom stereocenters. The Balaban J connectivity index is 1.62. The fourth-order valence-corrected chi connectivity index (χ4v) is 3.03. The van der Waals surface area contributed by atoms with Crippen molar-refractivity contribution in [1.29, 1.82) is 0 Å². The molecule has 4 nitrogen and oxygen atoms in total. The van der Waals surface area contributed by atoms with Gasteiger partial charge in [0.1, 0.15) is 5.82 Å². The van der Waals surface area contributed by atoms with Crippen molar-refractivity contribution >= 4 is 34.2 Å². The smallest absolute Gasteiger partial charge is 0.255 e. The van der Waals surface area contributed by atoms with E-state index in [9.17, 15) is 4.79 Å². The molecule has 26 heavy (non-hydrogen) atoms.